The van der Waals surface area contributed by atoms with Gasteiger partial charge in [-0.1, -0.05) is 0 Å². The molecule has 6 heteroatoms. The number of ether oxygens (including phenoxy) is 1. The first-order chi connectivity index (χ1) is 8.89. The molecular formula is C13H21NO5. The highest BCUT2D eigenvalue weighted by Gasteiger charge is 2.39. The Morgan fingerprint density at radius 3 is 2.58 bits per heavy atom. The second-order valence-corrected chi connectivity index (χ2v) is 5.09. The highest BCUT2D eigenvalue weighted by atomic mass is 16.5. The number of nitrogens with zero attached hydrogens (tertiary/aromatic N) is 1. The zero-order valence-electron chi connectivity index (χ0n) is 11.5. The quantitative estimate of drug-likeness (QED) is 0.755. The van der Waals surface area contributed by atoms with Crippen LogP contribution in [0.5, 0.6) is 0 Å². The van der Waals surface area contributed by atoms with Gasteiger partial charge in [-0.2, -0.15) is 0 Å². The third-order valence-corrected chi connectivity index (χ3v) is 3.41. The Morgan fingerprint density at radius 1 is 1.32 bits per heavy atom. The molecule has 1 atom stereocenters. The number of esters is 1. The molecule has 0 aromatic heterocycles. The van der Waals surface area contributed by atoms with Crippen LogP contribution in [0.25, 0.3) is 0 Å². The van der Waals surface area contributed by atoms with Gasteiger partial charge in [0.2, 0.25) is 5.91 Å². The van der Waals surface area contributed by atoms with Gasteiger partial charge in [0.25, 0.3) is 0 Å². The van der Waals surface area contributed by atoms with Crippen LogP contribution in [0.2, 0.25) is 0 Å². The lowest BCUT2D eigenvalue weighted by molar-refractivity contribution is -0.154. The van der Waals surface area contributed by atoms with Crippen LogP contribution in [0.4, 0.5) is 0 Å². The summed E-state index contributed by atoms with van der Waals surface area (Å²) >= 11 is 0. The van der Waals surface area contributed by atoms with E-state index in [4.69, 9.17) is 4.74 Å². The van der Waals surface area contributed by atoms with Gasteiger partial charge in [-0.05, 0) is 26.7 Å². The van der Waals surface area contributed by atoms with Crippen molar-refractivity contribution in [3.05, 3.63) is 0 Å². The second-order valence-electron chi connectivity index (χ2n) is 5.09. The van der Waals surface area contributed by atoms with Crippen LogP contribution in [0, 0.1) is 5.41 Å². The highest BCUT2D eigenvalue weighted by molar-refractivity contribution is 5.82. The minimum atomic E-state index is -0.879. The lowest BCUT2D eigenvalue weighted by atomic mass is 9.82. The molecule has 1 N–H and O–H groups in total. The van der Waals surface area contributed by atoms with E-state index in [1.807, 2.05) is 0 Å². The molecule has 1 unspecified atom stereocenters. The number of carboxylic acids is 1. The van der Waals surface area contributed by atoms with E-state index in [2.05, 4.69) is 0 Å². The summed E-state index contributed by atoms with van der Waals surface area (Å²) in [6, 6.07) is 0. The number of carbonyl (C=O) groups is 3. The molecule has 6 nitrogen and oxygen atoms in total. The summed E-state index contributed by atoms with van der Waals surface area (Å²) in [5.41, 5.74) is -0.877. The lowest BCUT2D eigenvalue weighted by Gasteiger charge is -2.37. The lowest BCUT2D eigenvalue weighted by Crippen LogP contribution is -2.48. The Labute approximate surface area is 112 Å². The fraction of sp³-hybridized carbons (Fsp3) is 0.769. The minimum absolute atomic E-state index is 0.0486. The van der Waals surface area contributed by atoms with Gasteiger partial charge in [-0.3, -0.25) is 14.4 Å². The molecule has 1 amide bonds. The second kappa shape index (κ2) is 6.54. The van der Waals surface area contributed by atoms with Crippen LogP contribution >= 0.6 is 0 Å². The SMILES string of the molecule is CCOC(=O)CCC(=O)N1CCCC(C)(C(=O)O)C1. The smallest absolute Gasteiger partial charge is 0.311 e. The Balaban J connectivity index is 2.49. The minimum Gasteiger partial charge on any atom is -0.481 e. The Kier molecular flexibility index (Phi) is 5.32. The molecule has 0 aromatic rings. The summed E-state index contributed by atoms with van der Waals surface area (Å²) in [5, 5.41) is 9.17. The van der Waals surface area contributed by atoms with E-state index in [-0.39, 0.29) is 25.3 Å². The van der Waals surface area contributed by atoms with E-state index in [1.165, 1.54) is 4.90 Å². The highest BCUT2D eigenvalue weighted by Crippen LogP contribution is 2.30. The fourth-order valence-electron chi connectivity index (χ4n) is 2.23. The molecule has 108 valence electrons. The van der Waals surface area contributed by atoms with Crippen molar-refractivity contribution in [2.75, 3.05) is 19.7 Å². The molecule has 0 saturated carbocycles. The number of hydrogen-bond donors (Lipinski definition) is 1. The van der Waals surface area contributed by atoms with Crippen molar-refractivity contribution in [2.45, 2.75) is 39.5 Å². The number of carbonyl (C=O) groups excluding carboxylic acids is 2. The third kappa shape index (κ3) is 4.22. The largest absolute Gasteiger partial charge is 0.481 e. The van der Waals surface area contributed by atoms with Gasteiger partial charge >= 0.3 is 11.9 Å². The number of rotatable bonds is 5. The number of piperidine rings is 1. The molecule has 1 rings (SSSR count). The number of carboxylic acid groups (broad SMARTS) is 1. The van der Waals surface area contributed by atoms with Gasteiger partial charge in [-0.25, -0.2) is 0 Å². The van der Waals surface area contributed by atoms with Gasteiger partial charge in [0.1, 0.15) is 0 Å². The van der Waals surface area contributed by atoms with Crippen molar-refractivity contribution in [1.82, 2.24) is 4.90 Å². The van der Waals surface area contributed by atoms with Crippen molar-refractivity contribution in [1.29, 1.82) is 0 Å². The van der Waals surface area contributed by atoms with Crippen molar-refractivity contribution < 1.29 is 24.2 Å². The molecule has 1 aliphatic heterocycles. The Bertz CT molecular complexity index is 368. The summed E-state index contributed by atoms with van der Waals surface area (Å²) in [7, 11) is 0. The van der Waals surface area contributed by atoms with Crippen LogP contribution in [0.15, 0.2) is 0 Å². The van der Waals surface area contributed by atoms with Crippen LogP contribution in [0.3, 0.4) is 0 Å². The van der Waals surface area contributed by atoms with Crippen molar-refractivity contribution >= 4 is 17.8 Å². The van der Waals surface area contributed by atoms with Gasteiger partial charge in [0, 0.05) is 19.5 Å². The van der Waals surface area contributed by atoms with Crippen molar-refractivity contribution in [3.63, 3.8) is 0 Å². The van der Waals surface area contributed by atoms with E-state index in [0.29, 0.717) is 26.0 Å². The van der Waals surface area contributed by atoms with Crippen molar-refractivity contribution in [2.24, 2.45) is 5.41 Å². The first kappa shape index (κ1) is 15.5. The average Bonchev–Trinajstić information content (AvgIpc) is 2.36. The number of hydrogen-bond acceptors (Lipinski definition) is 4. The molecule has 1 saturated heterocycles. The molecule has 0 bridgehead atoms. The van der Waals surface area contributed by atoms with Crippen molar-refractivity contribution in [3.8, 4) is 0 Å². The molecule has 0 aliphatic carbocycles. The summed E-state index contributed by atoms with van der Waals surface area (Å²) in [6.07, 6.45) is 1.37. The molecule has 1 fully saturated rings. The topological polar surface area (TPSA) is 83.9 Å². The predicted molar refractivity (Wildman–Crippen MR) is 67.4 cm³/mol. The van der Waals surface area contributed by atoms with Crippen LogP contribution < -0.4 is 0 Å². The van der Waals surface area contributed by atoms with E-state index < -0.39 is 17.4 Å². The third-order valence-electron chi connectivity index (χ3n) is 3.41. The fourth-order valence-corrected chi connectivity index (χ4v) is 2.23. The summed E-state index contributed by atoms with van der Waals surface area (Å²) < 4.78 is 4.75. The normalized spacial score (nSPS) is 22.9. The number of amides is 1. The maximum Gasteiger partial charge on any atom is 0.311 e. The molecule has 0 spiro atoms. The van der Waals surface area contributed by atoms with E-state index in [1.54, 1.807) is 13.8 Å². The van der Waals surface area contributed by atoms with Crippen LogP contribution in [-0.2, 0) is 19.1 Å². The summed E-state index contributed by atoms with van der Waals surface area (Å²) in [4.78, 5) is 35.8. The average molecular weight is 271 g/mol. The van der Waals surface area contributed by atoms with Crippen LogP contribution in [0.1, 0.15) is 39.5 Å². The molecule has 0 aromatic carbocycles. The maximum absolute atomic E-state index is 11.9. The van der Waals surface area contributed by atoms with E-state index in [0.717, 1.165) is 0 Å². The summed E-state index contributed by atoms with van der Waals surface area (Å²) in [5.74, 6) is -1.45. The first-order valence-corrected chi connectivity index (χ1v) is 6.56. The zero-order chi connectivity index (χ0) is 14.5. The Morgan fingerprint density at radius 2 is 2.00 bits per heavy atom. The monoisotopic (exact) mass is 271 g/mol. The van der Waals surface area contributed by atoms with E-state index in [9.17, 15) is 19.5 Å². The van der Waals surface area contributed by atoms with Crippen LogP contribution in [-0.4, -0.2) is 47.5 Å². The molecule has 19 heavy (non-hydrogen) atoms. The molecule has 1 aliphatic rings. The standard InChI is InChI=1S/C13H21NO5/c1-3-19-11(16)6-5-10(15)14-8-4-7-13(2,9-14)12(17)18/h3-9H2,1-2H3,(H,17,18). The van der Waals surface area contributed by atoms with Gasteiger partial charge in [-0.15, -0.1) is 0 Å². The predicted octanol–water partition coefficient (Wildman–Crippen LogP) is 1.04. The number of aliphatic carboxylic acids is 1. The molecular weight excluding hydrogens is 250 g/mol. The van der Waals surface area contributed by atoms with Gasteiger partial charge < -0.3 is 14.7 Å². The van der Waals surface area contributed by atoms with Gasteiger partial charge in [0.15, 0.2) is 0 Å². The van der Waals surface area contributed by atoms with Gasteiger partial charge in [0.05, 0.1) is 18.4 Å². The Hall–Kier alpha value is -1.59. The zero-order valence-corrected chi connectivity index (χ0v) is 11.5. The molecule has 1 heterocycles. The van der Waals surface area contributed by atoms with E-state index >= 15 is 0 Å². The maximum atomic E-state index is 11.9. The summed E-state index contributed by atoms with van der Waals surface area (Å²) in [6.45, 7) is 4.44. The first-order valence-electron chi connectivity index (χ1n) is 6.56. The number of likely N-dealkylation sites (tertiary alicyclic amines) is 1. The molecule has 0 radical (unpaired) electrons.